The molecule has 4 aromatic carbocycles. The standard InChI is InChI=1S/C33H33NO5/c1-36-28-13-14-29-27(20-28)15-16-34(23-35)30(29)17-26-18-31(38-21-24-9-5-3-6-10-24)33(37-2)32(19-26)39-22-25-11-7-4-8-12-25/h3-14,18-20,23,30H,15-17,21-22H2,1-2H3/t30-/m1/s1. The molecule has 0 bridgehead atoms. The lowest BCUT2D eigenvalue weighted by Gasteiger charge is -2.35. The molecule has 5 rings (SSSR count). The fourth-order valence-corrected chi connectivity index (χ4v) is 5.05. The van der Waals surface area contributed by atoms with Crippen LogP contribution in [0.25, 0.3) is 0 Å². The molecule has 1 aliphatic rings. The number of fused-ring (bicyclic) bond motifs is 1. The van der Waals surface area contributed by atoms with Crippen molar-refractivity contribution in [1.29, 1.82) is 0 Å². The number of benzene rings is 4. The van der Waals surface area contributed by atoms with E-state index in [0.29, 0.717) is 43.4 Å². The first-order valence-electron chi connectivity index (χ1n) is 13.1. The summed E-state index contributed by atoms with van der Waals surface area (Å²) in [5, 5.41) is 0. The van der Waals surface area contributed by atoms with Crippen LogP contribution < -0.4 is 18.9 Å². The van der Waals surface area contributed by atoms with Gasteiger partial charge in [0.15, 0.2) is 11.5 Å². The maximum Gasteiger partial charge on any atom is 0.210 e. The number of carbonyl (C=O) groups excluding carboxylic acids is 1. The average molecular weight is 524 g/mol. The number of carbonyl (C=O) groups is 1. The summed E-state index contributed by atoms with van der Waals surface area (Å²) in [4.78, 5) is 13.9. The van der Waals surface area contributed by atoms with Gasteiger partial charge >= 0.3 is 0 Å². The lowest BCUT2D eigenvalue weighted by Crippen LogP contribution is -2.35. The second-order valence-corrected chi connectivity index (χ2v) is 9.55. The van der Waals surface area contributed by atoms with Gasteiger partial charge in [-0.2, -0.15) is 0 Å². The van der Waals surface area contributed by atoms with Gasteiger partial charge in [0.05, 0.1) is 20.3 Å². The first kappa shape index (κ1) is 26.2. The fraction of sp³-hybridized carbons (Fsp3) is 0.242. The van der Waals surface area contributed by atoms with Crippen molar-refractivity contribution >= 4 is 6.41 Å². The molecule has 0 unspecified atom stereocenters. The van der Waals surface area contributed by atoms with Crippen LogP contribution in [0, 0.1) is 0 Å². The van der Waals surface area contributed by atoms with Crippen LogP contribution in [0.2, 0.25) is 0 Å². The summed E-state index contributed by atoms with van der Waals surface area (Å²) in [6, 6.07) is 30.0. The van der Waals surface area contributed by atoms with Crippen molar-refractivity contribution in [3.63, 3.8) is 0 Å². The largest absolute Gasteiger partial charge is 0.497 e. The van der Waals surface area contributed by atoms with E-state index in [-0.39, 0.29) is 6.04 Å². The second-order valence-electron chi connectivity index (χ2n) is 9.55. The zero-order valence-corrected chi connectivity index (χ0v) is 22.3. The van der Waals surface area contributed by atoms with Crippen LogP contribution in [-0.2, 0) is 30.8 Å². The van der Waals surface area contributed by atoms with E-state index in [1.807, 2.05) is 83.8 Å². The van der Waals surface area contributed by atoms with Crippen LogP contribution >= 0.6 is 0 Å². The van der Waals surface area contributed by atoms with E-state index < -0.39 is 0 Å². The van der Waals surface area contributed by atoms with Crippen molar-refractivity contribution in [2.45, 2.75) is 32.1 Å². The van der Waals surface area contributed by atoms with Gasteiger partial charge < -0.3 is 23.8 Å². The SMILES string of the molecule is COc1ccc2c(c1)CCN(C=O)[C@@H]2Cc1cc(OCc2ccccc2)c(OC)c(OCc2ccccc2)c1. The number of hydrogen-bond acceptors (Lipinski definition) is 5. The summed E-state index contributed by atoms with van der Waals surface area (Å²) >= 11 is 0. The smallest absolute Gasteiger partial charge is 0.210 e. The van der Waals surface area contributed by atoms with Crippen LogP contribution in [0.4, 0.5) is 0 Å². The molecule has 6 heteroatoms. The maximum atomic E-state index is 12.1. The van der Waals surface area contributed by atoms with Gasteiger partial charge in [-0.05, 0) is 64.9 Å². The Morgan fingerprint density at radius 2 is 1.38 bits per heavy atom. The Bertz CT molecular complexity index is 1330. The highest BCUT2D eigenvalue weighted by Gasteiger charge is 2.28. The van der Waals surface area contributed by atoms with Gasteiger partial charge in [0.25, 0.3) is 0 Å². The average Bonchev–Trinajstić information content (AvgIpc) is 2.99. The van der Waals surface area contributed by atoms with Crippen LogP contribution in [0.3, 0.4) is 0 Å². The molecule has 1 aliphatic heterocycles. The molecule has 39 heavy (non-hydrogen) atoms. The monoisotopic (exact) mass is 523 g/mol. The number of hydrogen-bond donors (Lipinski definition) is 0. The fourth-order valence-electron chi connectivity index (χ4n) is 5.05. The molecule has 1 amide bonds. The first-order chi connectivity index (χ1) is 19.2. The second kappa shape index (κ2) is 12.4. The molecule has 1 heterocycles. The Morgan fingerprint density at radius 3 is 1.92 bits per heavy atom. The van der Waals surface area contributed by atoms with Crippen molar-refractivity contribution in [3.05, 3.63) is 119 Å². The van der Waals surface area contributed by atoms with Gasteiger partial charge in [0.2, 0.25) is 12.2 Å². The Balaban J connectivity index is 1.49. The van der Waals surface area contributed by atoms with E-state index in [1.165, 1.54) is 5.56 Å². The lowest BCUT2D eigenvalue weighted by molar-refractivity contribution is -0.120. The predicted molar refractivity (Wildman–Crippen MR) is 150 cm³/mol. The summed E-state index contributed by atoms with van der Waals surface area (Å²) in [5.41, 5.74) is 5.43. The normalized spacial score (nSPS) is 14.3. The summed E-state index contributed by atoms with van der Waals surface area (Å²) < 4.78 is 23.8. The lowest BCUT2D eigenvalue weighted by atomic mass is 9.88. The van der Waals surface area contributed by atoms with E-state index in [4.69, 9.17) is 18.9 Å². The minimum Gasteiger partial charge on any atom is -0.497 e. The zero-order chi connectivity index (χ0) is 27.0. The molecule has 0 saturated heterocycles. The van der Waals surface area contributed by atoms with Gasteiger partial charge in [0, 0.05) is 6.54 Å². The topological polar surface area (TPSA) is 57.2 Å². The third kappa shape index (κ3) is 6.17. The van der Waals surface area contributed by atoms with Crippen LogP contribution in [-0.4, -0.2) is 32.1 Å². The Morgan fingerprint density at radius 1 is 0.769 bits per heavy atom. The van der Waals surface area contributed by atoms with Crippen molar-refractivity contribution in [2.24, 2.45) is 0 Å². The van der Waals surface area contributed by atoms with Crippen molar-refractivity contribution < 1.29 is 23.7 Å². The number of rotatable bonds is 11. The molecule has 200 valence electrons. The highest BCUT2D eigenvalue weighted by molar-refractivity contribution is 5.56. The molecule has 0 saturated carbocycles. The molecule has 0 spiro atoms. The molecule has 0 N–H and O–H groups in total. The number of ether oxygens (including phenoxy) is 4. The molecule has 6 nitrogen and oxygen atoms in total. The highest BCUT2D eigenvalue weighted by atomic mass is 16.5. The minimum atomic E-state index is -0.116. The quantitative estimate of drug-likeness (QED) is 0.220. The molecule has 1 atom stereocenters. The highest BCUT2D eigenvalue weighted by Crippen LogP contribution is 2.42. The molecular formula is C33H33NO5. The zero-order valence-electron chi connectivity index (χ0n) is 22.3. The molecule has 4 aromatic rings. The summed E-state index contributed by atoms with van der Waals surface area (Å²) in [5.74, 6) is 2.58. The molecule has 0 aliphatic carbocycles. The van der Waals surface area contributed by atoms with E-state index in [9.17, 15) is 4.79 Å². The van der Waals surface area contributed by atoms with Crippen molar-refractivity contribution in [2.75, 3.05) is 20.8 Å². The van der Waals surface area contributed by atoms with Gasteiger partial charge in [0.1, 0.15) is 19.0 Å². The minimum absolute atomic E-state index is 0.116. The third-order valence-electron chi connectivity index (χ3n) is 7.07. The van der Waals surface area contributed by atoms with E-state index >= 15 is 0 Å². The third-order valence-corrected chi connectivity index (χ3v) is 7.07. The summed E-state index contributed by atoms with van der Waals surface area (Å²) in [6.45, 7) is 1.44. The van der Waals surface area contributed by atoms with Crippen molar-refractivity contribution in [3.8, 4) is 23.0 Å². The van der Waals surface area contributed by atoms with E-state index in [0.717, 1.165) is 40.8 Å². The summed E-state index contributed by atoms with van der Waals surface area (Å²) in [6.07, 6.45) is 2.34. The number of amides is 1. The maximum absolute atomic E-state index is 12.1. The first-order valence-corrected chi connectivity index (χ1v) is 13.1. The van der Waals surface area contributed by atoms with Gasteiger partial charge in [-0.3, -0.25) is 4.79 Å². The van der Waals surface area contributed by atoms with Crippen molar-refractivity contribution in [1.82, 2.24) is 4.90 Å². The van der Waals surface area contributed by atoms with E-state index in [1.54, 1.807) is 14.2 Å². The van der Waals surface area contributed by atoms with E-state index in [2.05, 4.69) is 12.1 Å². The summed E-state index contributed by atoms with van der Waals surface area (Å²) in [7, 11) is 3.30. The number of methoxy groups -OCH3 is 2. The number of nitrogens with zero attached hydrogens (tertiary/aromatic N) is 1. The van der Waals surface area contributed by atoms with Crippen LogP contribution in [0.15, 0.2) is 91.0 Å². The molecule has 0 fully saturated rings. The van der Waals surface area contributed by atoms with Gasteiger partial charge in [-0.25, -0.2) is 0 Å². The Labute approximate surface area is 229 Å². The van der Waals surface area contributed by atoms with Gasteiger partial charge in [-0.1, -0.05) is 66.7 Å². The predicted octanol–water partition coefficient (Wildman–Crippen LogP) is 6.16. The molecular weight excluding hydrogens is 490 g/mol. The van der Waals surface area contributed by atoms with Crippen LogP contribution in [0.5, 0.6) is 23.0 Å². The Hall–Kier alpha value is -4.45. The Kier molecular flexibility index (Phi) is 8.32. The van der Waals surface area contributed by atoms with Gasteiger partial charge in [-0.15, -0.1) is 0 Å². The molecule has 0 aromatic heterocycles. The molecule has 0 radical (unpaired) electrons. The van der Waals surface area contributed by atoms with Crippen LogP contribution in [0.1, 0.15) is 33.9 Å².